The Labute approximate surface area is 138 Å². The number of benzene rings is 1. The van der Waals surface area contributed by atoms with Gasteiger partial charge in [0.05, 0.1) is 19.6 Å². The predicted octanol–water partition coefficient (Wildman–Crippen LogP) is 3.28. The molecule has 0 spiro atoms. The van der Waals surface area contributed by atoms with Crippen molar-refractivity contribution in [1.82, 2.24) is 4.90 Å². The van der Waals surface area contributed by atoms with Gasteiger partial charge in [-0.1, -0.05) is 6.92 Å². The van der Waals surface area contributed by atoms with Crippen molar-refractivity contribution in [2.45, 2.75) is 52.7 Å². The van der Waals surface area contributed by atoms with Crippen molar-refractivity contribution < 1.29 is 19.1 Å². The van der Waals surface area contributed by atoms with E-state index in [1.807, 2.05) is 27.7 Å². The van der Waals surface area contributed by atoms with Gasteiger partial charge in [-0.25, -0.2) is 0 Å². The molecule has 5 heteroatoms. The smallest absolute Gasteiger partial charge is 0.307 e. The first-order valence-corrected chi connectivity index (χ1v) is 8.03. The lowest BCUT2D eigenvalue weighted by Gasteiger charge is -2.28. The molecule has 128 valence electrons. The molecular formula is C18H27NO4. The van der Waals surface area contributed by atoms with E-state index in [9.17, 15) is 9.59 Å². The van der Waals surface area contributed by atoms with Gasteiger partial charge in [-0.3, -0.25) is 9.59 Å². The number of nitrogens with zero attached hydrogens (tertiary/aromatic N) is 1. The Bertz CT molecular complexity index is 510. The number of carbonyl (C=O) groups excluding carboxylic acids is 2. The first kappa shape index (κ1) is 19.0. The van der Waals surface area contributed by atoms with E-state index in [0.29, 0.717) is 12.1 Å². The molecule has 1 unspecified atom stereocenters. The standard InChI is InChI=1S/C18H27NO4/c1-6-14(4)19(12-11-17(20)22-5)18(21)15-7-9-16(10-8-15)23-13(2)3/h7-10,13-14H,6,11-12H2,1-5H3. The molecule has 0 heterocycles. The molecule has 1 atom stereocenters. The Balaban J connectivity index is 2.84. The first-order valence-electron chi connectivity index (χ1n) is 8.03. The van der Waals surface area contributed by atoms with Crippen LogP contribution >= 0.6 is 0 Å². The van der Waals surface area contributed by atoms with Crippen LogP contribution in [-0.4, -0.2) is 42.6 Å². The lowest BCUT2D eigenvalue weighted by atomic mass is 10.1. The molecule has 1 amide bonds. The second-order valence-electron chi connectivity index (χ2n) is 5.77. The number of esters is 1. The number of hydrogen-bond acceptors (Lipinski definition) is 4. The Morgan fingerprint density at radius 2 is 1.74 bits per heavy atom. The van der Waals surface area contributed by atoms with Crippen molar-refractivity contribution in [3.8, 4) is 5.75 Å². The summed E-state index contributed by atoms with van der Waals surface area (Å²) in [6.45, 7) is 8.26. The number of ether oxygens (including phenoxy) is 2. The van der Waals surface area contributed by atoms with E-state index in [1.165, 1.54) is 7.11 Å². The zero-order valence-electron chi connectivity index (χ0n) is 14.7. The average Bonchev–Trinajstić information content (AvgIpc) is 2.54. The highest BCUT2D eigenvalue weighted by molar-refractivity contribution is 5.94. The minimum absolute atomic E-state index is 0.0544. The molecule has 0 saturated carbocycles. The van der Waals surface area contributed by atoms with Gasteiger partial charge in [0, 0.05) is 18.2 Å². The summed E-state index contributed by atoms with van der Waals surface area (Å²) in [4.78, 5) is 25.8. The highest BCUT2D eigenvalue weighted by Crippen LogP contribution is 2.17. The van der Waals surface area contributed by atoms with Gasteiger partial charge in [0.1, 0.15) is 5.75 Å². The Hall–Kier alpha value is -2.04. The SMILES string of the molecule is CCC(C)N(CCC(=O)OC)C(=O)c1ccc(OC(C)C)cc1. The van der Waals surface area contributed by atoms with Gasteiger partial charge in [0.25, 0.3) is 5.91 Å². The maximum absolute atomic E-state index is 12.7. The molecule has 0 aliphatic heterocycles. The van der Waals surface area contributed by atoms with E-state index >= 15 is 0 Å². The maximum Gasteiger partial charge on any atom is 0.307 e. The molecule has 5 nitrogen and oxygen atoms in total. The van der Waals surface area contributed by atoms with E-state index in [4.69, 9.17) is 4.74 Å². The van der Waals surface area contributed by atoms with Gasteiger partial charge in [-0.2, -0.15) is 0 Å². The molecule has 0 aliphatic carbocycles. The molecule has 0 bridgehead atoms. The first-order chi connectivity index (χ1) is 10.9. The summed E-state index contributed by atoms with van der Waals surface area (Å²) in [5, 5.41) is 0. The lowest BCUT2D eigenvalue weighted by molar-refractivity contribution is -0.140. The molecule has 0 aromatic heterocycles. The normalized spacial score (nSPS) is 11.9. The average molecular weight is 321 g/mol. The largest absolute Gasteiger partial charge is 0.491 e. The Kier molecular flexibility index (Phi) is 7.59. The van der Waals surface area contributed by atoms with Crippen molar-refractivity contribution in [2.75, 3.05) is 13.7 Å². The number of rotatable bonds is 8. The van der Waals surface area contributed by atoms with Gasteiger partial charge in [-0.05, 0) is 51.5 Å². The molecule has 1 aromatic rings. The third-order valence-electron chi connectivity index (χ3n) is 3.64. The summed E-state index contributed by atoms with van der Waals surface area (Å²) in [6, 6.07) is 7.16. The Morgan fingerprint density at radius 3 is 2.22 bits per heavy atom. The highest BCUT2D eigenvalue weighted by Gasteiger charge is 2.21. The molecule has 0 saturated heterocycles. The van der Waals surface area contributed by atoms with Crippen LogP contribution in [0.15, 0.2) is 24.3 Å². The van der Waals surface area contributed by atoms with E-state index in [2.05, 4.69) is 4.74 Å². The minimum atomic E-state index is -0.313. The van der Waals surface area contributed by atoms with E-state index < -0.39 is 0 Å². The predicted molar refractivity (Wildman–Crippen MR) is 89.6 cm³/mol. The maximum atomic E-state index is 12.7. The van der Waals surface area contributed by atoms with Crippen molar-refractivity contribution in [1.29, 1.82) is 0 Å². The summed E-state index contributed by atoms with van der Waals surface area (Å²) < 4.78 is 10.2. The van der Waals surface area contributed by atoms with Gasteiger partial charge < -0.3 is 14.4 Å². The second-order valence-corrected chi connectivity index (χ2v) is 5.77. The van der Waals surface area contributed by atoms with Crippen LogP contribution < -0.4 is 4.74 Å². The molecule has 23 heavy (non-hydrogen) atoms. The molecule has 0 fully saturated rings. The van der Waals surface area contributed by atoms with Gasteiger partial charge in [0.15, 0.2) is 0 Å². The Morgan fingerprint density at radius 1 is 1.13 bits per heavy atom. The van der Waals surface area contributed by atoms with Crippen molar-refractivity contribution in [3.63, 3.8) is 0 Å². The zero-order chi connectivity index (χ0) is 17.4. The fourth-order valence-corrected chi connectivity index (χ4v) is 2.17. The fraction of sp³-hybridized carbons (Fsp3) is 0.556. The van der Waals surface area contributed by atoms with Crippen LogP contribution in [0.2, 0.25) is 0 Å². The van der Waals surface area contributed by atoms with Crippen LogP contribution in [-0.2, 0) is 9.53 Å². The van der Waals surface area contributed by atoms with Crippen LogP contribution in [0.1, 0.15) is 50.9 Å². The van der Waals surface area contributed by atoms with Crippen LogP contribution in [0.25, 0.3) is 0 Å². The lowest BCUT2D eigenvalue weighted by Crippen LogP contribution is -2.39. The number of amides is 1. The summed E-state index contributed by atoms with van der Waals surface area (Å²) in [7, 11) is 1.35. The third kappa shape index (κ3) is 5.93. The molecule has 1 aromatic carbocycles. The third-order valence-corrected chi connectivity index (χ3v) is 3.64. The van der Waals surface area contributed by atoms with E-state index in [1.54, 1.807) is 29.2 Å². The number of methoxy groups -OCH3 is 1. The second kappa shape index (κ2) is 9.18. The quantitative estimate of drug-likeness (QED) is 0.690. The van der Waals surface area contributed by atoms with Crippen LogP contribution in [0.3, 0.4) is 0 Å². The molecule has 0 aliphatic rings. The van der Waals surface area contributed by atoms with Gasteiger partial charge in [0.2, 0.25) is 0 Å². The van der Waals surface area contributed by atoms with E-state index in [0.717, 1.165) is 12.2 Å². The molecule has 0 N–H and O–H groups in total. The molecular weight excluding hydrogens is 294 g/mol. The zero-order valence-corrected chi connectivity index (χ0v) is 14.7. The van der Waals surface area contributed by atoms with Crippen molar-refractivity contribution in [2.24, 2.45) is 0 Å². The van der Waals surface area contributed by atoms with Crippen molar-refractivity contribution in [3.05, 3.63) is 29.8 Å². The van der Waals surface area contributed by atoms with Crippen molar-refractivity contribution >= 4 is 11.9 Å². The highest BCUT2D eigenvalue weighted by atomic mass is 16.5. The van der Waals surface area contributed by atoms with E-state index in [-0.39, 0.29) is 30.4 Å². The van der Waals surface area contributed by atoms with Gasteiger partial charge in [-0.15, -0.1) is 0 Å². The summed E-state index contributed by atoms with van der Waals surface area (Å²) in [5.41, 5.74) is 0.589. The minimum Gasteiger partial charge on any atom is -0.491 e. The van der Waals surface area contributed by atoms with Gasteiger partial charge >= 0.3 is 5.97 Å². The summed E-state index contributed by atoms with van der Waals surface area (Å²) in [5.74, 6) is 0.340. The molecule has 0 radical (unpaired) electrons. The summed E-state index contributed by atoms with van der Waals surface area (Å²) in [6.07, 6.45) is 1.11. The van der Waals surface area contributed by atoms with Crippen LogP contribution in [0.5, 0.6) is 5.75 Å². The fourth-order valence-electron chi connectivity index (χ4n) is 2.17. The number of carbonyl (C=O) groups is 2. The topological polar surface area (TPSA) is 55.8 Å². The summed E-state index contributed by atoms with van der Waals surface area (Å²) >= 11 is 0. The monoisotopic (exact) mass is 321 g/mol. The number of hydrogen-bond donors (Lipinski definition) is 0. The van der Waals surface area contributed by atoms with Crippen LogP contribution in [0, 0.1) is 0 Å². The van der Waals surface area contributed by atoms with Crippen LogP contribution in [0.4, 0.5) is 0 Å². The molecule has 1 rings (SSSR count).